The van der Waals surface area contributed by atoms with E-state index in [0.717, 1.165) is 24.5 Å². The fourth-order valence-electron chi connectivity index (χ4n) is 1.65. The summed E-state index contributed by atoms with van der Waals surface area (Å²) in [6.07, 6.45) is 1.85. The zero-order chi connectivity index (χ0) is 13.5. The first-order valence-corrected chi connectivity index (χ1v) is 6.18. The minimum Gasteiger partial charge on any atom is -0.383 e. The fourth-order valence-corrected chi connectivity index (χ4v) is 1.65. The van der Waals surface area contributed by atoms with E-state index in [0.29, 0.717) is 12.4 Å². The second kappa shape index (κ2) is 7.13. The summed E-state index contributed by atoms with van der Waals surface area (Å²) in [5.74, 6) is 7.73. The van der Waals surface area contributed by atoms with E-state index in [-0.39, 0.29) is 6.04 Å². The summed E-state index contributed by atoms with van der Waals surface area (Å²) in [7, 11) is 3.68. The van der Waals surface area contributed by atoms with Crippen molar-refractivity contribution < 1.29 is 4.74 Å². The first kappa shape index (κ1) is 14.7. The number of nitrogens with two attached hydrogens (primary N) is 1. The van der Waals surface area contributed by atoms with Gasteiger partial charge < -0.3 is 15.1 Å². The van der Waals surface area contributed by atoms with Crippen LogP contribution in [0.5, 0.6) is 0 Å². The normalized spacial score (nSPS) is 12.3. The Balaban J connectivity index is 2.95. The Morgan fingerprint density at radius 2 is 2.22 bits per heavy atom. The Kier molecular flexibility index (Phi) is 5.80. The van der Waals surface area contributed by atoms with Crippen molar-refractivity contribution in [1.29, 1.82) is 0 Å². The number of ether oxygens (including phenoxy) is 1. The van der Waals surface area contributed by atoms with E-state index in [2.05, 4.69) is 34.1 Å². The molecular weight excluding hydrogens is 230 g/mol. The standard InChI is InChI=1S/C12H23N5O/c1-5-6-10-14-11(16-13)7-12(15-10)17(3)9(2)8-18-4/h7,9H,5-6,8,13H2,1-4H3,(H,14,15,16). The van der Waals surface area contributed by atoms with Crippen molar-refractivity contribution in [1.82, 2.24) is 9.97 Å². The maximum absolute atomic E-state index is 5.44. The Labute approximate surface area is 109 Å². The number of nitrogen functional groups attached to an aromatic ring is 1. The molecule has 3 N–H and O–H groups in total. The maximum atomic E-state index is 5.44. The number of hydrogen-bond donors (Lipinski definition) is 2. The molecule has 0 spiro atoms. The number of aryl methyl sites for hydroxylation is 1. The van der Waals surface area contributed by atoms with Crippen LogP contribution in [0.2, 0.25) is 0 Å². The van der Waals surface area contributed by atoms with E-state index in [1.807, 2.05) is 13.1 Å². The molecule has 0 radical (unpaired) electrons. The van der Waals surface area contributed by atoms with Gasteiger partial charge in [0.2, 0.25) is 0 Å². The van der Waals surface area contributed by atoms with Crippen LogP contribution in [-0.2, 0) is 11.2 Å². The van der Waals surface area contributed by atoms with Crippen LogP contribution in [0, 0.1) is 0 Å². The number of hydrazine groups is 1. The molecule has 0 amide bonds. The number of nitrogens with one attached hydrogen (secondary N) is 1. The van der Waals surface area contributed by atoms with Gasteiger partial charge in [0, 0.05) is 26.6 Å². The number of nitrogens with zero attached hydrogens (tertiary/aromatic N) is 3. The van der Waals surface area contributed by atoms with Crippen LogP contribution in [0.4, 0.5) is 11.6 Å². The van der Waals surface area contributed by atoms with Crippen LogP contribution < -0.4 is 16.2 Å². The Hall–Kier alpha value is -1.40. The molecule has 0 saturated heterocycles. The third-order valence-electron chi connectivity index (χ3n) is 2.81. The van der Waals surface area contributed by atoms with E-state index >= 15 is 0 Å². The van der Waals surface area contributed by atoms with E-state index in [1.165, 1.54) is 0 Å². The molecule has 0 bridgehead atoms. The first-order chi connectivity index (χ1) is 8.62. The van der Waals surface area contributed by atoms with Gasteiger partial charge in [-0.3, -0.25) is 0 Å². The zero-order valence-electron chi connectivity index (χ0n) is 11.6. The second-order valence-electron chi connectivity index (χ2n) is 4.34. The van der Waals surface area contributed by atoms with Crippen LogP contribution in [0.25, 0.3) is 0 Å². The monoisotopic (exact) mass is 253 g/mol. The van der Waals surface area contributed by atoms with Crippen LogP contribution in [0.3, 0.4) is 0 Å². The third-order valence-corrected chi connectivity index (χ3v) is 2.81. The summed E-state index contributed by atoms with van der Waals surface area (Å²) in [5.41, 5.74) is 2.58. The summed E-state index contributed by atoms with van der Waals surface area (Å²) in [6.45, 7) is 4.83. The minimum absolute atomic E-state index is 0.241. The number of hydrogen-bond acceptors (Lipinski definition) is 6. The van der Waals surface area contributed by atoms with Crippen LogP contribution in [-0.4, -0.2) is 36.8 Å². The van der Waals surface area contributed by atoms with Crippen LogP contribution >= 0.6 is 0 Å². The van der Waals surface area contributed by atoms with Gasteiger partial charge in [0.1, 0.15) is 17.5 Å². The smallest absolute Gasteiger partial charge is 0.145 e. The molecule has 0 aliphatic heterocycles. The molecule has 1 rings (SSSR count). The van der Waals surface area contributed by atoms with E-state index in [9.17, 15) is 0 Å². The molecule has 102 valence electrons. The average Bonchev–Trinajstić information content (AvgIpc) is 2.38. The molecule has 1 aromatic rings. The van der Waals surface area contributed by atoms with Gasteiger partial charge in [-0.05, 0) is 13.3 Å². The molecule has 6 nitrogen and oxygen atoms in total. The molecule has 1 atom stereocenters. The van der Waals surface area contributed by atoms with E-state index in [1.54, 1.807) is 7.11 Å². The highest BCUT2D eigenvalue weighted by molar-refractivity contribution is 5.49. The SMILES string of the molecule is CCCc1nc(NN)cc(N(C)C(C)COC)n1. The summed E-state index contributed by atoms with van der Waals surface area (Å²) >= 11 is 0. The van der Waals surface area contributed by atoms with E-state index < -0.39 is 0 Å². The molecule has 0 aliphatic rings. The molecule has 0 aliphatic carbocycles. The number of likely N-dealkylation sites (N-methyl/N-ethyl adjacent to an activating group) is 1. The van der Waals surface area contributed by atoms with Gasteiger partial charge in [-0.2, -0.15) is 0 Å². The summed E-state index contributed by atoms with van der Waals surface area (Å²) in [4.78, 5) is 10.9. The predicted molar refractivity (Wildman–Crippen MR) is 73.6 cm³/mol. The van der Waals surface area contributed by atoms with Crippen LogP contribution in [0.15, 0.2) is 6.07 Å². The first-order valence-electron chi connectivity index (χ1n) is 6.18. The van der Waals surface area contributed by atoms with Gasteiger partial charge in [0.15, 0.2) is 0 Å². The second-order valence-corrected chi connectivity index (χ2v) is 4.34. The molecule has 0 saturated carbocycles. The van der Waals surface area contributed by atoms with Crippen molar-refractivity contribution >= 4 is 11.6 Å². The minimum atomic E-state index is 0.241. The Bertz CT molecular complexity index is 371. The van der Waals surface area contributed by atoms with Crippen molar-refractivity contribution in [3.63, 3.8) is 0 Å². The van der Waals surface area contributed by atoms with Gasteiger partial charge in [0.05, 0.1) is 12.6 Å². The summed E-state index contributed by atoms with van der Waals surface area (Å²) < 4.78 is 5.16. The van der Waals surface area contributed by atoms with E-state index in [4.69, 9.17) is 10.6 Å². The summed E-state index contributed by atoms with van der Waals surface area (Å²) in [6, 6.07) is 2.08. The van der Waals surface area contributed by atoms with Gasteiger partial charge in [0.25, 0.3) is 0 Å². The van der Waals surface area contributed by atoms with Crippen molar-refractivity contribution in [3.8, 4) is 0 Å². The average molecular weight is 253 g/mol. The molecule has 1 unspecified atom stereocenters. The maximum Gasteiger partial charge on any atom is 0.145 e. The largest absolute Gasteiger partial charge is 0.383 e. The van der Waals surface area contributed by atoms with Gasteiger partial charge in [-0.15, -0.1) is 0 Å². The van der Waals surface area contributed by atoms with Gasteiger partial charge in [-0.25, -0.2) is 15.8 Å². The van der Waals surface area contributed by atoms with Crippen molar-refractivity contribution in [3.05, 3.63) is 11.9 Å². The highest BCUT2D eigenvalue weighted by atomic mass is 16.5. The lowest BCUT2D eigenvalue weighted by Gasteiger charge is -2.25. The Morgan fingerprint density at radius 3 is 2.78 bits per heavy atom. The lowest BCUT2D eigenvalue weighted by molar-refractivity contribution is 0.183. The summed E-state index contributed by atoms with van der Waals surface area (Å²) in [5, 5.41) is 0. The van der Waals surface area contributed by atoms with Crippen molar-refractivity contribution in [2.24, 2.45) is 5.84 Å². The van der Waals surface area contributed by atoms with Crippen molar-refractivity contribution in [2.45, 2.75) is 32.7 Å². The highest BCUT2D eigenvalue weighted by Gasteiger charge is 2.13. The lowest BCUT2D eigenvalue weighted by atomic mass is 10.3. The number of anilines is 2. The zero-order valence-corrected chi connectivity index (χ0v) is 11.6. The fraction of sp³-hybridized carbons (Fsp3) is 0.667. The highest BCUT2D eigenvalue weighted by Crippen LogP contribution is 2.17. The van der Waals surface area contributed by atoms with Gasteiger partial charge in [-0.1, -0.05) is 6.92 Å². The topological polar surface area (TPSA) is 76.3 Å². The Morgan fingerprint density at radius 1 is 1.50 bits per heavy atom. The number of aromatic nitrogens is 2. The van der Waals surface area contributed by atoms with Crippen molar-refractivity contribution in [2.75, 3.05) is 31.1 Å². The predicted octanol–water partition coefficient (Wildman–Crippen LogP) is 1.19. The quantitative estimate of drug-likeness (QED) is 0.561. The lowest BCUT2D eigenvalue weighted by Crippen LogP contribution is -2.33. The molecule has 1 heterocycles. The molecule has 18 heavy (non-hydrogen) atoms. The molecule has 6 heteroatoms. The molecule has 1 aromatic heterocycles. The van der Waals surface area contributed by atoms with Gasteiger partial charge >= 0.3 is 0 Å². The molecule has 0 fully saturated rings. The molecule has 0 aromatic carbocycles. The molecular formula is C12H23N5O. The number of rotatable bonds is 7. The number of methoxy groups -OCH3 is 1. The third kappa shape index (κ3) is 3.82. The van der Waals surface area contributed by atoms with Crippen LogP contribution in [0.1, 0.15) is 26.1 Å².